The van der Waals surface area contributed by atoms with Crippen molar-refractivity contribution < 1.29 is 29.9 Å². The molecule has 0 aliphatic carbocycles. The van der Waals surface area contributed by atoms with Gasteiger partial charge in [0.25, 0.3) is 0 Å². The van der Waals surface area contributed by atoms with Crippen molar-refractivity contribution >= 4 is 95.9 Å². The first-order valence-electron chi connectivity index (χ1n) is 50.1. The normalized spacial score (nSPS) is 11.9. The molecule has 0 fully saturated rings. The van der Waals surface area contributed by atoms with Gasteiger partial charge in [-0.15, -0.1) is 0 Å². The molecule has 10 nitrogen and oxygen atoms in total. The lowest BCUT2D eigenvalue weighted by molar-refractivity contribution is 0.424. The van der Waals surface area contributed by atoms with E-state index in [1.54, 1.807) is 12.1 Å². The van der Waals surface area contributed by atoms with E-state index in [0.717, 1.165) is 131 Å². The van der Waals surface area contributed by atoms with E-state index >= 15 is 0 Å². The maximum Gasteiger partial charge on any atom is 0.131 e. The van der Waals surface area contributed by atoms with E-state index in [2.05, 4.69) is 344 Å². The lowest BCUT2D eigenvalue weighted by atomic mass is 9.98. The summed E-state index contributed by atoms with van der Waals surface area (Å²) in [6.07, 6.45) is 1.46. The molecule has 0 saturated heterocycles. The van der Waals surface area contributed by atoms with Gasteiger partial charge in [0, 0.05) is 110 Å². The zero-order valence-electron chi connectivity index (χ0n) is 87.2. The standard InChI is InChI=1S/C31H33FNOP.C29H30NOP.C24H28NOP.2C23H26NOP/c1-31(2,3)33-21-26-20-27(32)14-15-28(26)35-29-19-24(16-22-10-6-4-7-11-22)18-25(30(29)34)17-23-12-8-5-9-13-23;1-29(2,3)30-20-23-16-10-11-17-26(23)32-27-19-24(21-12-6-4-7-13-21)18-25(28(27)31)22-14-8-5-9-15-22;1-17-10-8-13-19(16-25-24(2,3)4)23(17)27-21-15-9-14-20(22(21)26)18-11-6-5-7-12-18;1-23(2,3)24-16-18-12-7-8-14-20(18)26-21-15-9-13-19(22(21)25)17-10-5-4-6-11-17;1-23(2,3)24-16-19-11-7-8-12-21(19)26-22-15-18(13-14-20(22)25)17-9-5-4-6-10-17/h4-15,18-20,33-35H,16-17,21H2,1-3H3;4-19,30-32H,20H2,1-3H3;5-15,25-27H,16H2,1-4H3;2*4-15,24-26H,16H2,1-3H3. The van der Waals surface area contributed by atoms with Crippen LogP contribution in [-0.2, 0) is 45.6 Å². The average molecular weight is 2030 g/mol. The number of nitrogens with one attached hydrogen (secondary N) is 5. The van der Waals surface area contributed by atoms with Crippen LogP contribution in [-0.4, -0.2) is 53.2 Å². The minimum Gasteiger partial charge on any atom is -0.507 e. The monoisotopic (exact) mass is 2030 g/mol. The molecule has 0 aliphatic heterocycles. The number of aromatic hydroxyl groups is 5. The quantitative estimate of drug-likeness (QED) is 0.0204. The lowest BCUT2D eigenvalue weighted by Gasteiger charge is -2.22. The van der Waals surface area contributed by atoms with Gasteiger partial charge in [-0.3, -0.25) is 0 Å². The smallest absolute Gasteiger partial charge is 0.131 e. The second kappa shape index (κ2) is 52.8. The Kier molecular flexibility index (Phi) is 40.1. The highest BCUT2D eigenvalue weighted by Crippen LogP contribution is 2.39. The fourth-order valence-electron chi connectivity index (χ4n) is 16.3. The first-order valence-corrected chi connectivity index (χ1v) is 55.1. The van der Waals surface area contributed by atoms with Crippen LogP contribution < -0.4 is 79.6 Å². The largest absolute Gasteiger partial charge is 0.507 e. The number of phenols is 5. The Morgan fingerprint density at radius 3 is 0.979 bits per heavy atom. The lowest BCUT2D eigenvalue weighted by Crippen LogP contribution is -2.36. The summed E-state index contributed by atoms with van der Waals surface area (Å²) in [5.74, 6) is 1.60. The number of phenolic OH excluding ortho intramolecular Hbond substituents is 5. The van der Waals surface area contributed by atoms with Crippen LogP contribution in [0.15, 0.2) is 400 Å². The van der Waals surface area contributed by atoms with Crippen molar-refractivity contribution in [3.63, 3.8) is 0 Å². The first-order chi connectivity index (χ1) is 69.9. The van der Waals surface area contributed by atoms with Gasteiger partial charge in [-0.05, 0) is 281 Å². The number of hydrogen-bond acceptors (Lipinski definition) is 10. The molecular weight excluding hydrogens is 1890 g/mol. The zero-order chi connectivity index (χ0) is 104. The van der Waals surface area contributed by atoms with Crippen LogP contribution in [0.4, 0.5) is 4.39 Å². The number of rotatable bonds is 29. The van der Waals surface area contributed by atoms with Gasteiger partial charge >= 0.3 is 0 Å². The van der Waals surface area contributed by atoms with Crippen molar-refractivity contribution in [1.82, 2.24) is 26.6 Å². The Labute approximate surface area is 876 Å². The predicted molar refractivity (Wildman–Crippen MR) is 634 cm³/mol. The van der Waals surface area contributed by atoms with Crippen LogP contribution in [0.5, 0.6) is 28.7 Å². The van der Waals surface area contributed by atoms with E-state index in [9.17, 15) is 29.9 Å². The summed E-state index contributed by atoms with van der Waals surface area (Å²) < 4.78 is 14.1. The molecule has 0 radical (unpaired) electrons. The fraction of sp³-hybridized carbons (Fsp3) is 0.215. The summed E-state index contributed by atoms with van der Waals surface area (Å²) in [5.41, 5.74) is 22.3. The minimum atomic E-state index is -0.240. The highest BCUT2D eigenvalue weighted by atomic mass is 31.1. The molecule has 17 aromatic rings. The molecule has 0 saturated carbocycles. The molecular formula is C130H143FN5O5P5. The third kappa shape index (κ3) is 34.6. The molecule has 750 valence electrons. The van der Waals surface area contributed by atoms with Crippen LogP contribution in [0.1, 0.15) is 159 Å². The molecule has 0 spiro atoms. The van der Waals surface area contributed by atoms with Gasteiger partial charge in [0.2, 0.25) is 0 Å². The highest BCUT2D eigenvalue weighted by Gasteiger charge is 2.24. The first kappa shape index (κ1) is 111. The van der Waals surface area contributed by atoms with Gasteiger partial charge in [-0.1, -0.05) is 401 Å². The Morgan fingerprint density at radius 2 is 0.534 bits per heavy atom. The van der Waals surface area contributed by atoms with Crippen LogP contribution in [0.2, 0.25) is 0 Å². The van der Waals surface area contributed by atoms with Gasteiger partial charge in [-0.25, -0.2) is 4.39 Å². The number of hydrogen-bond donors (Lipinski definition) is 10. The van der Waals surface area contributed by atoms with Gasteiger partial charge in [-0.2, -0.15) is 0 Å². The number of benzene rings is 17. The second-order valence-corrected chi connectivity index (χ2v) is 48.5. The Balaban J connectivity index is 0.000000153. The second-order valence-electron chi connectivity index (χ2n) is 41.9. The van der Waals surface area contributed by atoms with E-state index in [1.807, 2.05) is 176 Å². The van der Waals surface area contributed by atoms with E-state index in [1.165, 1.54) is 71.8 Å². The molecule has 17 rings (SSSR count). The van der Waals surface area contributed by atoms with E-state index in [4.69, 9.17) is 0 Å². The van der Waals surface area contributed by atoms with Crippen molar-refractivity contribution in [1.29, 1.82) is 0 Å². The van der Waals surface area contributed by atoms with Gasteiger partial charge in [0.15, 0.2) is 0 Å². The maximum absolute atomic E-state index is 14.1. The summed E-state index contributed by atoms with van der Waals surface area (Å²) >= 11 is 0. The SMILES string of the molecule is CC(C)(C)NCc1cc(F)ccc1Pc1cc(Cc2ccccc2)cc(Cc2ccccc2)c1O.CC(C)(C)NCc1ccccc1Pc1cc(-c2ccccc2)cc(-c2ccccc2)c1O.CC(C)(C)NCc1ccccc1Pc1cc(-c2ccccc2)ccc1O.CC(C)(C)NCc1ccccc1Pc1cccc(-c2ccccc2)c1O.Cc1cccc(CNC(C)(C)C)c1Pc1cccc(-c2ccccc2)c1O. The van der Waals surface area contributed by atoms with Crippen molar-refractivity contribution in [3.05, 3.63) is 462 Å². The van der Waals surface area contributed by atoms with E-state index in [0.29, 0.717) is 76.0 Å². The van der Waals surface area contributed by atoms with Crippen molar-refractivity contribution in [2.24, 2.45) is 0 Å². The molecule has 16 heteroatoms. The Morgan fingerprint density at radius 1 is 0.212 bits per heavy atom. The fourth-order valence-corrected chi connectivity index (χ4v) is 22.7. The predicted octanol–water partition coefficient (Wildman–Crippen LogP) is 26.5. The summed E-state index contributed by atoms with van der Waals surface area (Å²) in [6, 6.07) is 135. The van der Waals surface area contributed by atoms with E-state index < -0.39 is 0 Å². The third-order valence-corrected chi connectivity index (χ3v) is 31.6. The van der Waals surface area contributed by atoms with Gasteiger partial charge in [0.1, 0.15) is 34.6 Å². The molecule has 0 aromatic heterocycles. The van der Waals surface area contributed by atoms with Crippen LogP contribution in [0, 0.1) is 12.7 Å². The molecule has 10 N–H and O–H groups in total. The van der Waals surface area contributed by atoms with Crippen LogP contribution in [0.25, 0.3) is 55.6 Å². The zero-order valence-corrected chi connectivity index (χ0v) is 92.2. The van der Waals surface area contributed by atoms with Gasteiger partial charge < -0.3 is 52.1 Å². The Bertz CT molecular complexity index is 6990. The molecule has 0 bridgehead atoms. The van der Waals surface area contributed by atoms with Crippen molar-refractivity contribution in [3.8, 4) is 84.4 Å². The molecule has 17 aromatic carbocycles. The Hall–Kier alpha value is -12.4. The summed E-state index contributed by atoms with van der Waals surface area (Å²) in [7, 11) is 1.84. The van der Waals surface area contributed by atoms with E-state index in [-0.39, 0.29) is 42.1 Å². The average Bonchev–Trinajstić information content (AvgIpc) is 0.792. The van der Waals surface area contributed by atoms with Crippen LogP contribution >= 0.6 is 42.9 Å². The summed E-state index contributed by atoms with van der Waals surface area (Å²) in [4.78, 5) is 0. The number of para-hydroxylation sites is 2. The minimum absolute atomic E-state index is 0.0477. The molecule has 0 aliphatic rings. The molecule has 0 amide bonds. The molecule has 146 heavy (non-hydrogen) atoms. The topological polar surface area (TPSA) is 161 Å². The molecule has 0 heterocycles. The van der Waals surface area contributed by atoms with Gasteiger partial charge in [0.05, 0.1) is 0 Å². The summed E-state index contributed by atoms with van der Waals surface area (Å²) in [5, 5.41) is 83.5. The molecule has 5 unspecified atom stereocenters. The number of aryl methyl sites for hydroxylation is 1. The summed E-state index contributed by atoms with van der Waals surface area (Å²) in [6.45, 7) is 38.4. The maximum atomic E-state index is 14.1. The third-order valence-electron chi connectivity index (χ3n) is 24.2. The molecule has 5 atom stereocenters. The van der Waals surface area contributed by atoms with Crippen LogP contribution in [0.3, 0.4) is 0 Å². The van der Waals surface area contributed by atoms with Crippen molar-refractivity contribution in [2.75, 3.05) is 0 Å². The number of halogens is 1. The van der Waals surface area contributed by atoms with Crippen molar-refractivity contribution in [2.45, 2.75) is 184 Å². The highest BCUT2D eigenvalue weighted by molar-refractivity contribution is 7.57.